The highest BCUT2D eigenvalue weighted by atomic mass is 35.5. The van der Waals surface area contributed by atoms with Crippen LogP contribution in [0.5, 0.6) is 5.75 Å². The number of ether oxygens (including phenoxy) is 2. The Kier molecular flexibility index (Phi) is 4.52. The standard InChI is InChI=1S/C10H13ClN2O3/c1-6(12)5-16-7-3-8(10(14)15-2)9(11)13-4-7/h3-4,6H,5,12H2,1-2H3. The molecule has 16 heavy (non-hydrogen) atoms. The van der Waals surface area contributed by atoms with Crippen LogP contribution in [0.15, 0.2) is 12.3 Å². The summed E-state index contributed by atoms with van der Waals surface area (Å²) in [5.41, 5.74) is 5.70. The lowest BCUT2D eigenvalue weighted by Gasteiger charge is -2.09. The minimum atomic E-state index is -0.552. The Labute approximate surface area is 98.5 Å². The summed E-state index contributed by atoms with van der Waals surface area (Å²) in [4.78, 5) is 15.1. The third-order valence-corrected chi connectivity index (χ3v) is 2.03. The van der Waals surface area contributed by atoms with Crippen molar-refractivity contribution < 1.29 is 14.3 Å². The largest absolute Gasteiger partial charge is 0.490 e. The lowest BCUT2D eigenvalue weighted by Crippen LogP contribution is -2.23. The number of hydrogen-bond acceptors (Lipinski definition) is 5. The molecule has 6 heteroatoms. The number of nitrogens with zero attached hydrogens (tertiary/aromatic N) is 1. The van der Waals surface area contributed by atoms with Crippen LogP contribution in [0.1, 0.15) is 17.3 Å². The number of methoxy groups -OCH3 is 1. The van der Waals surface area contributed by atoms with Crippen molar-refractivity contribution in [2.45, 2.75) is 13.0 Å². The van der Waals surface area contributed by atoms with Crippen LogP contribution in [0, 0.1) is 0 Å². The summed E-state index contributed by atoms with van der Waals surface area (Å²) >= 11 is 5.74. The van der Waals surface area contributed by atoms with Crippen molar-refractivity contribution in [1.82, 2.24) is 4.98 Å². The zero-order valence-corrected chi connectivity index (χ0v) is 9.82. The van der Waals surface area contributed by atoms with Gasteiger partial charge in [-0.25, -0.2) is 9.78 Å². The lowest BCUT2D eigenvalue weighted by atomic mass is 10.3. The Hall–Kier alpha value is -1.33. The molecule has 88 valence electrons. The molecular formula is C10H13ClN2O3. The molecule has 0 amide bonds. The number of nitrogens with two attached hydrogens (primary N) is 1. The molecule has 1 rings (SSSR count). The molecule has 0 saturated heterocycles. The predicted octanol–water partition coefficient (Wildman–Crippen LogP) is 1.25. The van der Waals surface area contributed by atoms with E-state index in [0.717, 1.165) is 0 Å². The van der Waals surface area contributed by atoms with Gasteiger partial charge in [0.1, 0.15) is 23.1 Å². The molecule has 0 radical (unpaired) electrons. The third-order valence-electron chi connectivity index (χ3n) is 1.73. The third kappa shape index (κ3) is 3.36. The second-order valence-electron chi connectivity index (χ2n) is 3.29. The number of pyridine rings is 1. The number of esters is 1. The maximum absolute atomic E-state index is 11.3. The average Bonchev–Trinajstić information content (AvgIpc) is 2.27. The summed E-state index contributed by atoms with van der Waals surface area (Å²) in [6.45, 7) is 2.15. The first kappa shape index (κ1) is 12.7. The van der Waals surface area contributed by atoms with Crippen LogP contribution in [0.3, 0.4) is 0 Å². The van der Waals surface area contributed by atoms with Gasteiger partial charge in [0.05, 0.1) is 13.3 Å². The maximum atomic E-state index is 11.3. The molecule has 0 aliphatic heterocycles. The normalized spacial score (nSPS) is 12.0. The Morgan fingerprint density at radius 3 is 2.94 bits per heavy atom. The number of halogens is 1. The average molecular weight is 245 g/mol. The number of aromatic nitrogens is 1. The maximum Gasteiger partial charge on any atom is 0.341 e. The summed E-state index contributed by atoms with van der Waals surface area (Å²) in [6, 6.07) is 1.38. The van der Waals surface area contributed by atoms with Crippen molar-refractivity contribution in [3.63, 3.8) is 0 Å². The van der Waals surface area contributed by atoms with Gasteiger partial charge in [-0.1, -0.05) is 11.6 Å². The molecule has 0 spiro atoms. The highest BCUT2D eigenvalue weighted by molar-refractivity contribution is 6.32. The van der Waals surface area contributed by atoms with E-state index < -0.39 is 5.97 Å². The van der Waals surface area contributed by atoms with Crippen molar-refractivity contribution in [2.24, 2.45) is 5.73 Å². The smallest absolute Gasteiger partial charge is 0.341 e. The van der Waals surface area contributed by atoms with Crippen LogP contribution >= 0.6 is 11.6 Å². The van der Waals surface area contributed by atoms with Crippen molar-refractivity contribution in [1.29, 1.82) is 0 Å². The van der Waals surface area contributed by atoms with Gasteiger partial charge in [0.25, 0.3) is 0 Å². The summed E-state index contributed by atoms with van der Waals surface area (Å²) in [6.07, 6.45) is 1.43. The molecule has 1 unspecified atom stereocenters. The molecule has 0 aliphatic rings. The molecule has 1 heterocycles. The van der Waals surface area contributed by atoms with E-state index in [1.54, 1.807) is 0 Å². The first-order chi connectivity index (χ1) is 7.54. The topological polar surface area (TPSA) is 74.4 Å². The van der Waals surface area contributed by atoms with Crippen molar-refractivity contribution in [2.75, 3.05) is 13.7 Å². The Bertz CT molecular complexity index is 382. The fourth-order valence-electron chi connectivity index (χ4n) is 0.989. The zero-order chi connectivity index (χ0) is 12.1. The monoisotopic (exact) mass is 244 g/mol. The molecule has 0 bridgehead atoms. The number of carbonyl (C=O) groups is 1. The lowest BCUT2D eigenvalue weighted by molar-refractivity contribution is 0.0600. The summed E-state index contributed by atoms with van der Waals surface area (Å²) < 4.78 is 9.86. The van der Waals surface area contributed by atoms with E-state index in [0.29, 0.717) is 12.4 Å². The second-order valence-corrected chi connectivity index (χ2v) is 3.65. The number of hydrogen-bond donors (Lipinski definition) is 1. The second kappa shape index (κ2) is 5.67. The Balaban J connectivity index is 2.85. The van der Waals surface area contributed by atoms with Gasteiger partial charge in [-0.3, -0.25) is 0 Å². The minimum Gasteiger partial charge on any atom is -0.490 e. The highest BCUT2D eigenvalue weighted by Crippen LogP contribution is 2.19. The molecule has 5 nitrogen and oxygen atoms in total. The number of carbonyl (C=O) groups excluding carboxylic acids is 1. The molecule has 0 aliphatic carbocycles. The van der Waals surface area contributed by atoms with Gasteiger partial charge in [-0.15, -0.1) is 0 Å². The van der Waals surface area contributed by atoms with Crippen LogP contribution in [0.25, 0.3) is 0 Å². The van der Waals surface area contributed by atoms with Gasteiger partial charge in [-0.2, -0.15) is 0 Å². The first-order valence-corrected chi connectivity index (χ1v) is 5.04. The quantitative estimate of drug-likeness (QED) is 0.637. The highest BCUT2D eigenvalue weighted by Gasteiger charge is 2.13. The van der Waals surface area contributed by atoms with Crippen LogP contribution in [0.2, 0.25) is 5.15 Å². The molecule has 2 N–H and O–H groups in total. The van der Waals surface area contributed by atoms with E-state index in [9.17, 15) is 4.79 Å². The minimum absolute atomic E-state index is 0.0833. The molecule has 0 saturated carbocycles. The van der Waals surface area contributed by atoms with E-state index in [-0.39, 0.29) is 16.8 Å². The van der Waals surface area contributed by atoms with Gasteiger partial charge in [0, 0.05) is 6.04 Å². The van der Waals surface area contributed by atoms with Gasteiger partial charge in [-0.05, 0) is 13.0 Å². The zero-order valence-electron chi connectivity index (χ0n) is 9.07. The molecular weight excluding hydrogens is 232 g/mol. The number of rotatable bonds is 4. The van der Waals surface area contributed by atoms with E-state index in [1.807, 2.05) is 6.92 Å². The van der Waals surface area contributed by atoms with E-state index in [4.69, 9.17) is 22.1 Å². The Morgan fingerprint density at radius 2 is 2.38 bits per heavy atom. The molecule has 1 aromatic rings. The fraction of sp³-hybridized carbons (Fsp3) is 0.400. The van der Waals surface area contributed by atoms with E-state index >= 15 is 0 Å². The molecule has 1 aromatic heterocycles. The van der Waals surface area contributed by atoms with Gasteiger partial charge in [0.2, 0.25) is 0 Å². The van der Waals surface area contributed by atoms with Crippen LogP contribution in [0.4, 0.5) is 0 Å². The molecule has 0 fully saturated rings. The van der Waals surface area contributed by atoms with Crippen molar-refractivity contribution >= 4 is 17.6 Å². The predicted molar refractivity (Wildman–Crippen MR) is 59.7 cm³/mol. The molecule has 1 atom stereocenters. The summed E-state index contributed by atoms with van der Waals surface area (Å²) in [5.74, 6) is -0.120. The first-order valence-electron chi connectivity index (χ1n) is 4.67. The van der Waals surface area contributed by atoms with Gasteiger partial charge in [0.15, 0.2) is 0 Å². The molecule has 0 aromatic carbocycles. The van der Waals surface area contributed by atoms with Crippen LogP contribution in [-0.2, 0) is 4.74 Å². The summed E-state index contributed by atoms with van der Waals surface area (Å²) in [7, 11) is 1.27. The Morgan fingerprint density at radius 1 is 1.69 bits per heavy atom. The van der Waals surface area contributed by atoms with E-state index in [2.05, 4.69) is 9.72 Å². The van der Waals surface area contributed by atoms with Crippen LogP contribution in [-0.4, -0.2) is 30.7 Å². The summed E-state index contributed by atoms with van der Waals surface area (Å²) in [5, 5.41) is 0.0833. The van der Waals surface area contributed by atoms with Gasteiger partial charge >= 0.3 is 5.97 Å². The van der Waals surface area contributed by atoms with E-state index in [1.165, 1.54) is 19.4 Å². The van der Waals surface area contributed by atoms with Crippen LogP contribution < -0.4 is 10.5 Å². The SMILES string of the molecule is COC(=O)c1cc(OCC(C)N)cnc1Cl. The van der Waals surface area contributed by atoms with Crippen molar-refractivity contribution in [3.05, 3.63) is 23.0 Å². The van der Waals surface area contributed by atoms with Gasteiger partial charge < -0.3 is 15.2 Å². The van der Waals surface area contributed by atoms with Crippen molar-refractivity contribution in [3.8, 4) is 5.75 Å². The fourth-order valence-corrected chi connectivity index (χ4v) is 1.17.